The van der Waals surface area contributed by atoms with E-state index in [2.05, 4.69) is 6.58 Å². The Hall–Kier alpha value is -2.62. The number of carboxylic acids is 2. The first-order valence-electron chi connectivity index (χ1n) is 5.20. The van der Waals surface area contributed by atoms with Gasteiger partial charge in [-0.25, -0.2) is 9.59 Å². The van der Waals surface area contributed by atoms with Crippen molar-refractivity contribution in [2.24, 2.45) is 0 Å². The zero-order valence-corrected chi connectivity index (χ0v) is 9.38. The molecule has 0 amide bonds. The van der Waals surface area contributed by atoms with Crippen molar-refractivity contribution < 1.29 is 19.8 Å². The van der Waals surface area contributed by atoms with E-state index in [1.165, 1.54) is 24.3 Å². The summed E-state index contributed by atoms with van der Waals surface area (Å²) in [6.45, 7) is 3.60. The zero-order valence-electron chi connectivity index (χ0n) is 9.38. The van der Waals surface area contributed by atoms with Gasteiger partial charge in [-0.1, -0.05) is 24.8 Å². The Morgan fingerprint density at radius 3 is 2.39 bits per heavy atom. The molecule has 90 valence electrons. The van der Waals surface area contributed by atoms with E-state index < -0.39 is 11.9 Å². The van der Waals surface area contributed by atoms with E-state index >= 15 is 0 Å². The lowest BCUT2D eigenvalue weighted by Crippen LogP contribution is -2.01. The summed E-state index contributed by atoms with van der Waals surface area (Å²) >= 11 is 0. The zero-order chi connectivity index (χ0) is 13.3. The quantitative estimate of drug-likeness (QED) is 0.867. The van der Waals surface area contributed by atoms with Gasteiger partial charge < -0.3 is 10.2 Å². The van der Waals surface area contributed by atoms with Gasteiger partial charge in [0.2, 0.25) is 0 Å². The van der Waals surface area contributed by atoms with E-state index in [9.17, 15) is 9.59 Å². The molecule has 0 radical (unpaired) electrons. The highest BCUT2D eigenvalue weighted by molar-refractivity contribution is 6.08. The molecule has 0 unspecified atom stereocenters. The number of carboxylic acid groups (broad SMARTS) is 2. The predicted molar refractivity (Wildman–Crippen MR) is 68.0 cm³/mol. The van der Waals surface area contributed by atoms with Crippen molar-refractivity contribution >= 4 is 28.8 Å². The molecule has 0 saturated heterocycles. The molecule has 18 heavy (non-hydrogen) atoms. The van der Waals surface area contributed by atoms with Gasteiger partial charge in [-0.15, -0.1) is 0 Å². The molecule has 0 atom stereocenters. The standard InChI is InChI=1S/C14H10O4/c1-2-8-6-10(13(15)16)7-9-4-3-5-11(12(8)9)14(17)18/h2-7H,1H2,(H,15,16)(H,17,18). The van der Waals surface area contributed by atoms with Gasteiger partial charge in [0, 0.05) is 5.39 Å². The Balaban J connectivity index is 2.91. The van der Waals surface area contributed by atoms with E-state index in [1.807, 2.05) is 0 Å². The van der Waals surface area contributed by atoms with E-state index in [4.69, 9.17) is 10.2 Å². The highest BCUT2D eigenvalue weighted by Gasteiger charge is 2.13. The van der Waals surface area contributed by atoms with Crippen LogP contribution in [0.4, 0.5) is 0 Å². The number of rotatable bonds is 3. The number of aromatic carboxylic acids is 2. The van der Waals surface area contributed by atoms with Crippen LogP contribution in [0.1, 0.15) is 26.3 Å². The second-order valence-electron chi connectivity index (χ2n) is 3.78. The number of hydrogen-bond acceptors (Lipinski definition) is 2. The molecule has 2 N–H and O–H groups in total. The van der Waals surface area contributed by atoms with Crippen LogP contribution >= 0.6 is 0 Å². The summed E-state index contributed by atoms with van der Waals surface area (Å²) < 4.78 is 0. The average Bonchev–Trinajstić information content (AvgIpc) is 2.36. The molecule has 0 aliphatic rings. The van der Waals surface area contributed by atoms with Gasteiger partial charge in [-0.2, -0.15) is 0 Å². The smallest absolute Gasteiger partial charge is 0.336 e. The lowest BCUT2D eigenvalue weighted by atomic mass is 9.96. The van der Waals surface area contributed by atoms with Crippen LogP contribution in [0.2, 0.25) is 0 Å². The Morgan fingerprint density at radius 2 is 1.83 bits per heavy atom. The van der Waals surface area contributed by atoms with Crippen LogP contribution in [0.15, 0.2) is 36.9 Å². The second-order valence-corrected chi connectivity index (χ2v) is 3.78. The Labute approximate surface area is 103 Å². The first-order valence-corrected chi connectivity index (χ1v) is 5.20. The predicted octanol–water partition coefficient (Wildman–Crippen LogP) is 2.88. The second kappa shape index (κ2) is 4.33. The average molecular weight is 242 g/mol. The fourth-order valence-corrected chi connectivity index (χ4v) is 1.92. The fourth-order valence-electron chi connectivity index (χ4n) is 1.92. The van der Waals surface area contributed by atoms with Crippen molar-refractivity contribution in [2.45, 2.75) is 0 Å². The molecule has 2 rings (SSSR count). The topological polar surface area (TPSA) is 74.6 Å². The molecule has 0 aliphatic carbocycles. The normalized spacial score (nSPS) is 10.2. The lowest BCUT2D eigenvalue weighted by molar-refractivity contribution is 0.0688. The van der Waals surface area contributed by atoms with Crippen LogP contribution in [-0.2, 0) is 0 Å². The van der Waals surface area contributed by atoms with Crippen molar-refractivity contribution in [3.05, 3.63) is 53.6 Å². The maximum Gasteiger partial charge on any atom is 0.336 e. The summed E-state index contributed by atoms with van der Waals surface area (Å²) in [5.74, 6) is -2.10. The minimum atomic E-state index is -1.05. The summed E-state index contributed by atoms with van der Waals surface area (Å²) in [5.41, 5.74) is 0.752. The minimum Gasteiger partial charge on any atom is -0.478 e. The third-order valence-corrected chi connectivity index (χ3v) is 2.70. The van der Waals surface area contributed by atoms with Gasteiger partial charge in [0.25, 0.3) is 0 Å². The Kier molecular flexibility index (Phi) is 2.85. The van der Waals surface area contributed by atoms with Crippen molar-refractivity contribution in [1.29, 1.82) is 0 Å². The summed E-state index contributed by atoms with van der Waals surface area (Å²) in [7, 11) is 0. The van der Waals surface area contributed by atoms with Crippen LogP contribution < -0.4 is 0 Å². The molecule has 2 aromatic rings. The van der Waals surface area contributed by atoms with Crippen LogP contribution in [0.3, 0.4) is 0 Å². The van der Waals surface area contributed by atoms with Gasteiger partial charge >= 0.3 is 11.9 Å². The fraction of sp³-hybridized carbons (Fsp3) is 0. The van der Waals surface area contributed by atoms with E-state index in [1.54, 1.807) is 12.1 Å². The van der Waals surface area contributed by atoms with Crippen molar-refractivity contribution in [3.63, 3.8) is 0 Å². The number of carbonyl (C=O) groups is 2. The van der Waals surface area contributed by atoms with Gasteiger partial charge in [0.15, 0.2) is 0 Å². The maximum absolute atomic E-state index is 11.2. The monoisotopic (exact) mass is 242 g/mol. The van der Waals surface area contributed by atoms with E-state index in [0.717, 1.165) is 0 Å². The molecule has 0 saturated carbocycles. The molecule has 4 nitrogen and oxygen atoms in total. The molecular formula is C14H10O4. The van der Waals surface area contributed by atoms with E-state index in [-0.39, 0.29) is 11.1 Å². The first kappa shape index (κ1) is 11.9. The van der Waals surface area contributed by atoms with Gasteiger partial charge in [-0.3, -0.25) is 0 Å². The third-order valence-electron chi connectivity index (χ3n) is 2.70. The SMILES string of the molecule is C=Cc1cc(C(=O)O)cc2cccc(C(=O)O)c12. The Morgan fingerprint density at radius 1 is 1.11 bits per heavy atom. The van der Waals surface area contributed by atoms with Crippen molar-refractivity contribution in [1.82, 2.24) is 0 Å². The van der Waals surface area contributed by atoms with Crippen LogP contribution in [0, 0.1) is 0 Å². The van der Waals surface area contributed by atoms with Crippen molar-refractivity contribution in [3.8, 4) is 0 Å². The molecular weight excluding hydrogens is 232 g/mol. The number of benzene rings is 2. The van der Waals surface area contributed by atoms with Crippen molar-refractivity contribution in [2.75, 3.05) is 0 Å². The van der Waals surface area contributed by atoms with Gasteiger partial charge in [-0.05, 0) is 29.1 Å². The molecule has 2 aromatic carbocycles. The lowest BCUT2D eigenvalue weighted by Gasteiger charge is -2.08. The van der Waals surface area contributed by atoms with Crippen LogP contribution in [-0.4, -0.2) is 22.2 Å². The molecule has 0 bridgehead atoms. The maximum atomic E-state index is 11.2. The third kappa shape index (κ3) is 1.84. The highest BCUT2D eigenvalue weighted by Crippen LogP contribution is 2.26. The molecule has 0 spiro atoms. The summed E-state index contributed by atoms with van der Waals surface area (Å²) in [6.07, 6.45) is 1.46. The van der Waals surface area contributed by atoms with Crippen LogP contribution in [0.25, 0.3) is 16.8 Å². The number of hydrogen-bond donors (Lipinski definition) is 2. The summed E-state index contributed by atoms with van der Waals surface area (Å²) in [6, 6.07) is 7.63. The van der Waals surface area contributed by atoms with Gasteiger partial charge in [0.1, 0.15) is 0 Å². The minimum absolute atomic E-state index is 0.111. The summed E-state index contributed by atoms with van der Waals surface area (Å²) in [5, 5.41) is 19.2. The first-order chi connectivity index (χ1) is 8.54. The molecule has 0 fully saturated rings. The van der Waals surface area contributed by atoms with Crippen LogP contribution in [0.5, 0.6) is 0 Å². The Bertz CT molecular complexity index is 671. The van der Waals surface area contributed by atoms with Gasteiger partial charge in [0.05, 0.1) is 11.1 Å². The molecule has 0 aromatic heterocycles. The largest absolute Gasteiger partial charge is 0.478 e. The number of fused-ring (bicyclic) bond motifs is 1. The molecule has 4 heteroatoms. The molecule has 0 aliphatic heterocycles. The highest BCUT2D eigenvalue weighted by atomic mass is 16.4. The summed E-state index contributed by atoms with van der Waals surface area (Å²) in [4.78, 5) is 22.1. The molecule has 0 heterocycles. The van der Waals surface area contributed by atoms with E-state index in [0.29, 0.717) is 16.3 Å².